The van der Waals surface area contributed by atoms with E-state index in [2.05, 4.69) is 15.4 Å². The maximum Gasteiger partial charge on any atom is 0.198 e. The number of rotatable bonds is 3. The Kier molecular flexibility index (Phi) is 2.32. The first kappa shape index (κ1) is 7.87. The third-order valence-corrected chi connectivity index (χ3v) is 1.40. The molecule has 0 spiro atoms. The number of carbonyl (C=O) groups excluding carboxylic acids is 1. The number of carbonyl (C=O) groups is 1. The zero-order valence-electron chi connectivity index (χ0n) is 6.29. The maximum atomic E-state index is 11.0. The molecule has 11 heavy (non-hydrogen) atoms. The number of hydrogen-bond donors (Lipinski definition) is 2. The van der Waals surface area contributed by atoms with E-state index >= 15 is 0 Å². The first-order chi connectivity index (χ1) is 5.29. The Balaban J connectivity index is 2.92. The highest BCUT2D eigenvalue weighted by atomic mass is 16.1. The van der Waals surface area contributed by atoms with Crippen LogP contribution in [0.25, 0.3) is 0 Å². The third-order valence-electron chi connectivity index (χ3n) is 1.40. The maximum absolute atomic E-state index is 11.0. The SMILES string of the molecule is CCc1n[nH]nc1C(=O)CN. The molecule has 0 bridgehead atoms. The Morgan fingerprint density at radius 1 is 1.64 bits per heavy atom. The van der Waals surface area contributed by atoms with Crippen LogP contribution >= 0.6 is 0 Å². The minimum absolute atomic E-state index is 0.0144. The summed E-state index contributed by atoms with van der Waals surface area (Å²) in [6.45, 7) is 1.89. The van der Waals surface area contributed by atoms with Crippen LogP contribution in [0.4, 0.5) is 0 Å². The molecule has 5 heteroatoms. The highest BCUT2D eigenvalue weighted by Crippen LogP contribution is 2.01. The van der Waals surface area contributed by atoms with Gasteiger partial charge in [0.25, 0.3) is 0 Å². The predicted molar refractivity (Wildman–Crippen MR) is 39.1 cm³/mol. The molecule has 1 aromatic rings. The Hall–Kier alpha value is -1.23. The highest BCUT2D eigenvalue weighted by molar-refractivity contribution is 5.96. The second-order valence-corrected chi connectivity index (χ2v) is 2.10. The zero-order valence-corrected chi connectivity index (χ0v) is 6.29. The molecule has 1 aromatic heterocycles. The molecule has 0 atom stereocenters. The van der Waals surface area contributed by atoms with Crippen molar-refractivity contribution in [1.29, 1.82) is 0 Å². The van der Waals surface area contributed by atoms with Crippen LogP contribution in [0.2, 0.25) is 0 Å². The average molecular weight is 154 g/mol. The van der Waals surface area contributed by atoms with Crippen LogP contribution in [0.3, 0.4) is 0 Å². The van der Waals surface area contributed by atoms with Crippen molar-refractivity contribution in [2.75, 3.05) is 6.54 Å². The van der Waals surface area contributed by atoms with E-state index in [1.165, 1.54) is 0 Å². The van der Waals surface area contributed by atoms with Crippen molar-refractivity contribution in [3.63, 3.8) is 0 Å². The normalized spacial score (nSPS) is 10.0. The van der Waals surface area contributed by atoms with Crippen molar-refractivity contribution >= 4 is 5.78 Å². The van der Waals surface area contributed by atoms with Gasteiger partial charge in [-0.2, -0.15) is 15.4 Å². The molecule has 0 fully saturated rings. The number of aryl methyl sites for hydroxylation is 1. The number of nitrogens with zero attached hydrogens (tertiary/aromatic N) is 2. The number of ketones is 1. The number of aromatic amines is 1. The highest BCUT2D eigenvalue weighted by Gasteiger charge is 2.12. The monoisotopic (exact) mass is 154 g/mol. The zero-order chi connectivity index (χ0) is 8.27. The fourth-order valence-corrected chi connectivity index (χ4v) is 0.819. The van der Waals surface area contributed by atoms with E-state index in [1.54, 1.807) is 0 Å². The predicted octanol–water partition coefficient (Wildman–Crippen LogP) is -0.491. The summed E-state index contributed by atoms with van der Waals surface area (Å²) in [5, 5.41) is 9.87. The number of Topliss-reactive ketones (excluding diaryl/α,β-unsaturated/α-hetero) is 1. The van der Waals surface area contributed by atoms with Gasteiger partial charge in [-0.05, 0) is 6.42 Å². The van der Waals surface area contributed by atoms with Gasteiger partial charge in [0.1, 0.15) is 0 Å². The molecule has 1 heterocycles. The van der Waals surface area contributed by atoms with Gasteiger partial charge in [-0.25, -0.2) is 0 Å². The number of hydrogen-bond acceptors (Lipinski definition) is 4. The van der Waals surface area contributed by atoms with Gasteiger partial charge < -0.3 is 5.73 Å². The topological polar surface area (TPSA) is 84.7 Å². The summed E-state index contributed by atoms with van der Waals surface area (Å²) in [5.41, 5.74) is 6.21. The van der Waals surface area contributed by atoms with Crippen molar-refractivity contribution in [3.05, 3.63) is 11.4 Å². The van der Waals surface area contributed by atoms with Crippen LogP contribution in [0.5, 0.6) is 0 Å². The summed E-state index contributed by atoms with van der Waals surface area (Å²) in [6, 6.07) is 0. The second kappa shape index (κ2) is 3.25. The van der Waals surface area contributed by atoms with E-state index in [1.807, 2.05) is 6.92 Å². The first-order valence-electron chi connectivity index (χ1n) is 3.42. The summed E-state index contributed by atoms with van der Waals surface area (Å²) in [7, 11) is 0. The lowest BCUT2D eigenvalue weighted by Crippen LogP contribution is -2.15. The first-order valence-corrected chi connectivity index (χ1v) is 3.42. The van der Waals surface area contributed by atoms with E-state index in [-0.39, 0.29) is 12.3 Å². The van der Waals surface area contributed by atoms with Gasteiger partial charge in [0.2, 0.25) is 0 Å². The molecule has 0 aliphatic rings. The van der Waals surface area contributed by atoms with Gasteiger partial charge >= 0.3 is 0 Å². The van der Waals surface area contributed by atoms with Gasteiger partial charge in [0.05, 0.1) is 12.2 Å². The molecule has 0 aromatic carbocycles. The van der Waals surface area contributed by atoms with Crippen molar-refractivity contribution < 1.29 is 4.79 Å². The molecule has 0 aliphatic heterocycles. The summed E-state index contributed by atoms with van der Waals surface area (Å²) >= 11 is 0. The second-order valence-electron chi connectivity index (χ2n) is 2.10. The molecule has 5 nitrogen and oxygen atoms in total. The Morgan fingerprint density at radius 2 is 2.36 bits per heavy atom. The van der Waals surface area contributed by atoms with E-state index < -0.39 is 0 Å². The third kappa shape index (κ3) is 1.43. The van der Waals surface area contributed by atoms with Crippen LogP contribution < -0.4 is 5.73 Å². The molecule has 0 saturated carbocycles. The van der Waals surface area contributed by atoms with E-state index in [4.69, 9.17) is 5.73 Å². The van der Waals surface area contributed by atoms with E-state index in [0.717, 1.165) is 0 Å². The molecule has 0 unspecified atom stereocenters. The summed E-state index contributed by atoms with van der Waals surface area (Å²) < 4.78 is 0. The average Bonchev–Trinajstić information content (AvgIpc) is 2.50. The van der Waals surface area contributed by atoms with Crippen LogP contribution in [0.1, 0.15) is 23.1 Å². The van der Waals surface area contributed by atoms with Crippen molar-refractivity contribution in [1.82, 2.24) is 15.4 Å². The summed E-state index contributed by atoms with van der Waals surface area (Å²) in [4.78, 5) is 11.0. The molecular formula is C6H10N4O. The van der Waals surface area contributed by atoms with Crippen LogP contribution in [-0.2, 0) is 6.42 Å². The molecule has 0 radical (unpaired) electrons. The lowest BCUT2D eigenvalue weighted by molar-refractivity contribution is 0.0996. The molecule has 0 saturated heterocycles. The molecule has 0 amide bonds. The van der Waals surface area contributed by atoms with Gasteiger partial charge in [-0.1, -0.05) is 6.92 Å². The van der Waals surface area contributed by atoms with E-state index in [0.29, 0.717) is 17.8 Å². The van der Waals surface area contributed by atoms with Gasteiger partial charge in [0.15, 0.2) is 11.5 Å². The number of nitrogens with one attached hydrogen (secondary N) is 1. The van der Waals surface area contributed by atoms with Crippen LogP contribution in [0, 0.1) is 0 Å². The fourth-order valence-electron chi connectivity index (χ4n) is 0.819. The lowest BCUT2D eigenvalue weighted by atomic mass is 10.2. The molecule has 60 valence electrons. The number of aromatic nitrogens is 3. The quantitative estimate of drug-likeness (QED) is 0.575. The molecule has 0 aliphatic carbocycles. The Morgan fingerprint density at radius 3 is 2.91 bits per heavy atom. The summed E-state index contributed by atoms with van der Waals surface area (Å²) in [6.07, 6.45) is 0.692. The minimum atomic E-state index is -0.171. The lowest BCUT2D eigenvalue weighted by Gasteiger charge is -1.91. The van der Waals surface area contributed by atoms with Crippen molar-refractivity contribution in [2.45, 2.75) is 13.3 Å². The molecular weight excluding hydrogens is 144 g/mol. The standard InChI is InChI=1S/C6H10N4O/c1-2-4-6(5(11)3-7)9-10-8-4/h2-3,7H2,1H3,(H,8,9,10). The molecule has 3 N–H and O–H groups in total. The van der Waals surface area contributed by atoms with Gasteiger partial charge in [-0.15, -0.1) is 0 Å². The van der Waals surface area contributed by atoms with Crippen LogP contribution in [0.15, 0.2) is 0 Å². The Bertz CT molecular complexity index is 255. The van der Waals surface area contributed by atoms with Gasteiger partial charge in [-0.3, -0.25) is 4.79 Å². The van der Waals surface area contributed by atoms with Crippen molar-refractivity contribution in [3.8, 4) is 0 Å². The minimum Gasteiger partial charge on any atom is -0.324 e. The van der Waals surface area contributed by atoms with E-state index in [9.17, 15) is 4.79 Å². The largest absolute Gasteiger partial charge is 0.324 e. The van der Waals surface area contributed by atoms with Gasteiger partial charge in [0, 0.05) is 0 Å². The van der Waals surface area contributed by atoms with Crippen molar-refractivity contribution in [2.24, 2.45) is 5.73 Å². The summed E-state index contributed by atoms with van der Waals surface area (Å²) in [5.74, 6) is -0.171. The number of H-pyrrole nitrogens is 1. The molecule has 1 rings (SSSR count). The number of nitrogens with two attached hydrogens (primary N) is 1. The Labute approximate surface area is 64.0 Å². The van der Waals surface area contributed by atoms with Crippen LogP contribution in [-0.4, -0.2) is 27.7 Å². The fraction of sp³-hybridized carbons (Fsp3) is 0.500. The smallest absolute Gasteiger partial charge is 0.198 e.